The number of imidazole rings is 1. The molecule has 0 radical (unpaired) electrons. The van der Waals surface area contributed by atoms with E-state index in [4.69, 9.17) is 5.11 Å². The number of aryl methyl sites for hydroxylation is 1. The van der Waals surface area contributed by atoms with E-state index >= 15 is 0 Å². The third-order valence-corrected chi connectivity index (χ3v) is 3.39. The van der Waals surface area contributed by atoms with Crippen molar-refractivity contribution in [3.05, 3.63) is 29.6 Å². The molecule has 5 nitrogen and oxygen atoms in total. The standard InChI is InChI=1S/C14H19N3O2/c1-8(14(18)19)6-12(15-3)10-4-5-11-13(7-10)17-9(2)16-11/h4-5,7-8,12,15H,6H2,1-3H3,(H,16,17)(H,18,19). The van der Waals surface area contributed by atoms with E-state index < -0.39 is 5.97 Å². The summed E-state index contributed by atoms with van der Waals surface area (Å²) in [5.74, 6) is -0.262. The molecule has 2 aromatic rings. The van der Waals surface area contributed by atoms with E-state index in [9.17, 15) is 4.79 Å². The number of nitrogens with zero attached hydrogens (tertiary/aromatic N) is 1. The molecule has 0 aliphatic carbocycles. The average Bonchev–Trinajstić information content (AvgIpc) is 2.74. The molecule has 1 aromatic heterocycles. The molecule has 3 N–H and O–H groups in total. The van der Waals surface area contributed by atoms with Crippen LogP contribution in [0.25, 0.3) is 11.0 Å². The van der Waals surface area contributed by atoms with Gasteiger partial charge in [-0.25, -0.2) is 4.98 Å². The monoisotopic (exact) mass is 261 g/mol. The summed E-state index contributed by atoms with van der Waals surface area (Å²) >= 11 is 0. The Labute approximate surface area is 112 Å². The SMILES string of the molecule is CNC(CC(C)C(=O)O)c1ccc2nc(C)[nH]c2c1. The fraction of sp³-hybridized carbons (Fsp3) is 0.429. The maximum atomic E-state index is 11.0. The van der Waals surface area contributed by atoms with Crippen LogP contribution in [0.5, 0.6) is 0 Å². The van der Waals surface area contributed by atoms with E-state index in [1.165, 1.54) is 0 Å². The van der Waals surface area contributed by atoms with Crippen LogP contribution in [-0.4, -0.2) is 28.1 Å². The van der Waals surface area contributed by atoms with Gasteiger partial charge in [0.2, 0.25) is 0 Å². The van der Waals surface area contributed by atoms with Crippen molar-refractivity contribution < 1.29 is 9.90 Å². The molecular formula is C14H19N3O2. The Morgan fingerprint density at radius 1 is 1.53 bits per heavy atom. The average molecular weight is 261 g/mol. The molecule has 0 saturated heterocycles. The normalized spacial score (nSPS) is 14.5. The maximum absolute atomic E-state index is 11.0. The van der Waals surface area contributed by atoms with Crippen molar-refractivity contribution >= 4 is 17.0 Å². The molecule has 0 amide bonds. The minimum absolute atomic E-state index is 0.0270. The summed E-state index contributed by atoms with van der Waals surface area (Å²) < 4.78 is 0. The molecule has 0 aliphatic rings. The van der Waals surface area contributed by atoms with Crippen molar-refractivity contribution in [3.8, 4) is 0 Å². The Morgan fingerprint density at radius 2 is 2.26 bits per heavy atom. The second kappa shape index (κ2) is 5.40. The van der Waals surface area contributed by atoms with Crippen LogP contribution in [0.1, 0.15) is 30.8 Å². The highest BCUT2D eigenvalue weighted by molar-refractivity contribution is 5.76. The Balaban J connectivity index is 2.27. The number of carboxylic acids is 1. The van der Waals surface area contributed by atoms with Crippen molar-refractivity contribution in [1.82, 2.24) is 15.3 Å². The number of benzene rings is 1. The lowest BCUT2D eigenvalue weighted by Gasteiger charge is -2.18. The third kappa shape index (κ3) is 2.93. The van der Waals surface area contributed by atoms with Crippen molar-refractivity contribution in [2.75, 3.05) is 7.05 Å². The fourth-order valence-electron chi connectivity index (χ4n) is 2.25. The summed E-state index contributed by atoms with van der Waals surface area (Å²) in [5, 5.41) is 12.2. The number of carboxylic acid groups (broad SMARTS) is 1. The Hall–Kier alpha value is -1.88. The first-order valence-electron chi connectivity index (χ1n) is 6.37. The second-order valence-electron chi connectivity index (χ2n) is 4.92. The molecule has 0 fully saturated rings. The van der Waals surface area contributed by atoms with Gasteiger partial charge in [-0.15, -0.1) is 0 Å². The van der Waals surface area contributed by atoms with E-state index in [0.29, 0.717) is 6.42 Å². The summed E-state index contributed by atoms with van der Waals surface area (Å²) in [6, 6.07) is 6.02. The van der Waals surface area contributed by atoms with E-state index in [1.54, 1.807) is 6.92 Å². The van der Waals surface area contributed by atoms with E-state index in [2.05, 4.69) is 15.3 Å². The van der Waals surface area contributed by atoms with Crippen molar-refractivity contribution in [1.29, 1.82) is 0 Å². The molecule has 1 aromatic carbocycles. The van der Waals surface area contributed by atoms with Crippen molar-refractivity contribution in [2.45, 2.75) is 26.3 Å². The van der Waals surface area contributed by atoms with Gasteiger partial charge in [-0.3, -0.25) is 4.79 Å². The number of fused-ring (bicyclic) bond motifs is 1. The molecule has 2 atom stereocenters. The predicted octanol–water partition coefficient (Wildman–Crippen LogP) is 2.24. The number of H-pyrrole nitrogens is 1. The maximum Gasteiger partial charge on any atom is 0.306 e. The second-order valence-corrected chi connectivity index (χ2v) is 4.92. The number of aliphatic carboxylic acids is 1. The van der Waals surface area contributed by atoms with Gasteiger partial charge in [0.1, 0.15) is 5.82 Å². The van der Waals surface area contributed by atoms with Gasteiger partial charge in [0, 0.05) is 6.04 Å². The zero-order chi connectivity index (χ0) is 14.0. The molecule has 0 bridgehead atoms. The van der Waals surface area contributed by atoms with Crippen LogP contribution in [0.4, 0.5) is 0 Å². The highest BCUT2D eigenvalue weighted by Gasteiger charge is 2.19. The fourth-order valence-corrected chi connectivity index (χ4v) is 2.25. The Kier molecular flexibility index (Phi) is 3.85. The molecule has 0 spiro atoms. The molecule has 2 rings (SSSR count). The zero-order valence-electron chi connectivity index (χ0n) is 11.4. The lowest BCUT2D eigenvalue weighted by atomic mass is 9.96. The summed E-state index contributed by atoms with van der Waals surface area (Å²) in [7, 11) is 1.85. The third-order valence-electron chi connectivity index (χ3n) is 3.39. The Morgan fingerprint density at radius 3 is 2.89 bits per heavy atom. The van der Waals surface area contributed by atoms with Crippen LogP contribution in [0, 0.1) is 12.8 Å². The summed E-state index contributed by atoms with van der Waals surface area (Å²) in [6.45, 7) is 3.65. The number of aromatic amines is 1. The van der Waals surface area contributed by atoms with Gasteiger partial charge in [0.15, 0.2) is 0 Å². The molecule has 0 aliphatic heterocycles. The molecule has 2 unspecified atom stereocenters. The van der Waals surface area contributed by atoms with Crippen LogP contribution in [0.15, 0.2) is 18.2 Å². The minimum atomic E-state index is -0.765. The highest BCUT2D eigenvalue weighted by atomic mass is 16.4. The van der Waals surface area contributed by atoms with Gasteiger partial charge in [-0.1, -0.05) is 13.0 Å². The van der Waals surface area contributed by atoms with Crippen LogP contribution < -0.4 is 5.32 Å². The summed E-state index contributed by atoms with van der Waals surface area (Å²) in [6.07, 6.45) is 0.560. The van der Waals surface area contributed by atoms with Crippen LogP contribution in [0.3, 0.4) is 0 Å². The van der Waals surface area contributed by atoms with Gasteiger partial charge in [0.05, 0.1) is 17.0 Å². The largest absolute Gasteiger partial charge is 0.481 e. The Bertz CT molecular complexity index is 591. The summed E-state index contributed by atoms with van der Waals surface area (Å²) in [5.41, 5.74) is 2.99. The molecule has 102 valence electrons. The molecule has 5 heteroatoms. The lowest BCUT2D eigenvalue weighted by molar-refractivity contribution is -0.141. The molecule has 1 heterocycles. The van der Waals surface area contributed by atoms with Gasteiger partial charge in [-0.2, -0.15) is 0 Å². The number of hydrogen-bond donors (Lipinski definition) is 3. The van der Waals surface area contributed by atoms with Crippen molar-refractivity contribution in [2.24, 2.45) is 5.92 Å². The number of aromatic nitrogens is 2. The number of rotatable bonds is 5. The number of nitrogens with one attached hydrogen (secondary N) is 2. The highest BCUT2D eigenvalue weighted by Crippen LogP contribution is 2.24. The smallest absolute Gasteiger partial charge is 0.306 e. The number of carbonyl (C=O) groups is 1. The van der Waals surface area contributed by atoms with E-state index in [1.807, 2.05) is 32.2 Å². The molecule has 0 saturated carbocycles. The first kappa shape index (κ1) is 13.5. The molecule has 19 heavy (non-hydrogen) atoms. The first-order valence-corrected chi connectivity index (χ1v) is 6.37. The van der Waals surface area contributed by atoms with Crippen LogP contribution in [0.2, 0.25) is 0 Å². The van der Waals surface area contributed by atoms with Crippen LogP contribution >= 0.6 is 0 Å². The zero-order valence-corrected chi connectivity index (χ0v) is 11.4. The molecular weight excluding hydrogens is 242 g/mol. The topological polar surface area (TPSA) is 78.0 Å². The quantitative estimate of drug-likeness (QED) is 0.771. The minimum Gasteiger partial charge on any atom is -0.481 e. The van der Waals surface area contributed by atoms with Gasteiger partial charge < -0.3 is 15.4 Å². The van der Waals surface area contributed by atoms with E-state index in [0.717, 1.165) is 22.4 Å². The van der Waals surface area contributed by atoms with Gasteiger partial charge >= 0.3 is 5.97 Å². The van der Waals surface area contributed by atoms with Gasteiger partial charge in [-0.05, 0) is 38.1 Å². The lowest BCUT2D eigenvalue weighted by Crippen LogP contribution is -2.22. The predicted molar refractivity (Wildman–Crippen MR) is 74.0 cm³/mol. The summed E-state index contributed by atoms with van der Waals surface area (Å²) in [4.78, 5) is 18.5. The number of hydrogen-bond acceptors (Lipinski definition) is 3. The van der Waals surface area contributed by atoms with E-state index in [-0.39, 0.29) is 12.0 Å². The van der Waals surface area contributed by atoms with Crippen molar-refractivity contribution in [3.63, 3.8) is 0 Å². The van der Waals surface area contributed by atoms with Crippen LogP contribution in [-0.2, 0) is 4.79 Å². The van der Waals surface area contributed by atoms with Gasteiger partial charge in [0.25, 0.3) is 0 Å². The first-order chi connectivity index (χ1) is 9.01.